The normalized spacial score (nSPS) is 19.0. The highest BCUT2D eigenvalue weighted by Gasteiger charge is 2.33. The third-order valence-electron chi connectivity index (χ3n) is 2.84. The van der Waals surface area contributed by atoms with E-state index in [2.05, 4.69) is 37.3 Å². The molecule has 0 N–H and O–H groups in total. The zero-order valence-corrected chi connectivity index (χ0v) is 10.2. The lowest BCUT2D eigenvalue weighted by Crippen LogP contribution is -2.31. The summed E-state index contributed by atoms with van der Waals surface area (Å²) in [6.45, 7) is 3.47. The highest BCUT2D eigenvalue weighted by Crippen LogP contribution is 2.39. The van der Waals surface area contributed by atoms with Crippen LogP contribution in [0.5, 0.6) is 0 Å². The van der Waals surface area contributed by atoms with Crippen molar-refractivity contribution in [1.29, 1.82) is 5.26 Å². The van der Waals surface area contributed by atoms with Crippen molar-refractivity contribution < 1.29 is 4.74 Å². The van der Waals surface area contributed by atoms with E-state index in [4.69, 9.17) is 4.74 Å². The number of ether oxygens (including phenoxy) is 1. The molecule has 0 atom stereocenters. The molecule has 16 heavy (non-hydrogen) atoms. The van der Waals surface area contributed by atoms with E-state index in [1.54, 1.807) is 11.8 Å². The monoisotopic (exact) mass is 233 g/mol. The van der Waals surface area contributed by atoms with E-state index >= 15 is 0 Å². The van der Waals surface area contributed by atoms with Crippen LogP contribution in [0.2, 0.25) is 0 Å². The average Bonchev–Trinajstić information content (AvgIpc) is 2.33. The predicted octanol–water partition coefficient (Wildman–Crippen LogP) is 3.16. The summed E-state index contributed by atoms with van der Waals surface area (Å²) in [5.74, 6) is 0. The Morgan fingerprint density at radius 3 is 2.44 bits per heavy atom. The summed E-state index contributed by atoms with van der Waals surface area (Å²) < 4.78 is 5.03. The van der Waals surface area contributed by atoms with E-state index in [0.29, 0.717) is 13.2 Å². The molecule has 1 heterocycles. The van der Waals surface area contributed by atoms with Gasteiger partial charge >= 0.3 is 0 Å². The third-order valence-corrected chi connectivity index (χ3v) is 4.24. The van der Waals surface area contributed by atoms with Gasteiger partial charge in [-0.05, 0) is 31.9 Å². The van der Waals surface area contributed by atoms with Gasteiger partial charge in [-0.15, -0.1) is 11.8 Å². The Balaban J connectivity index is 2.12. The molecule has 0 radical (unpaired) electrons. The first-order chi connectivity index (χ1) is 7.74. The van der Waals surface area contributed by atoms with Gasteiger partial charge in [-0.25, -0.2) is 0 Å². The lowest BCUT2D eigenvalue weighted by Gasteiger charge is -2.29. The van der Waals surface area contributed by atoms with E-state index < -0.39 is 0 Å². The topological polar surface area (TPSA) is 33.0 Å². The van der Waals surface area contributed by atoms with Crippen molar-refractivity contribution in [2.45, 2.75) is 29.4 Å². The molecule has 0 bridgehead atoms. The standard InChI is InChI=1S/C13H15NOS/c1-11-2-4-12(5-3-11)16-13(10-14)6-8-15-9-7-13/h2-5H,6-9H2,1H3. The summed E-state index contributed by atoms with van der Waals surface area (Å²) in [5.41, 5.74) is 1.25. The molecule has 0 aromatic heterocycles. The van der Waals surface area contributed by atoms with Gasteiger partial charge in [0.05, 0.1) is 6.07 Å². The second-order valence-corrected chi connectivity index (χ2v) is 5.59. The van der Waals surface area contributed by atoms with Crippen LogP contribution in [0.25, 0.3) is 0 Å². The molecule has 84 valence electrons. The number of hydrogen-bond acceptors (Lipinski definition) is 3. The summed E-state index contributed by atoms with van der Waals surface area (Å²) in [6, 6.07) is 10.8. The maximum absolute atomic E-state index is 9.33. The molecule has 1 fully saturated rings. The van der Waals surface area contributed by atoms with Crippen LogP contribution in [-0.2, 0) is 4.74 Å². The Kier molecular flexibility index (Phi) is 3.52. The summed E-state index contributed by atoms with van der Waals surface area (Å²) >= 11 is 1.68. The minimum absolute atomic E-state index is 0.284. The fraction of sp³-hybridized carbons (Fsp3) is 0.462. The highest BCUT2D eigenvalue weighted by molar-refractivity contribution is 8.01. The Labute approximate surface area is 101 Å². The van der Waals surface area contributed by atoms with Gasteiger partial charge in [0.1, 0.15) is 4.75 Å². The van der Waals surface area contributed by atoms with E-state index in [0.717, 1.165) is 12.8 Å². The second kappa shape index (κ2) is 4.90. The number of rotatable bonds is 2. The first-order valence-corrected chi connectivity index (χ1v) is 6.30. The minimum Gasteiger partial charge on any atom is -0.381 e. The number of hydrogen-bond donors (Lipinski definition) is 0. The molecule has 0 saturated carbocycles. The lowest BCUT2D eigenvalue weighted by atomic mass is 10.0. The number of benzene rings is 1. The Bertz CT molecular complexity index is 387. The fourth-order valence-corrected chi connectivity index (χ4v) is 2.91. The third kappa shape index (κ3) is 2.58. The van der Waals surface area contributed by atoms with Crippen LogP contribution < -0.4 is 0 Å². The van der Waals surface area contributed by atoms with Crippen LogP contribution in [0.4, 0.5) is 0 Å². The summed E-state index contributed by atoms with van der Waals surface area (Å²) in [7, 11) is 0. The molecule has 0 unspecified atom stereocenters. The molecule has 0 aliphatic carbocycles. The van der Waals surface area contributed by atoms with Crippen molar-refractivity contribution >= 4 is 11.8 Å². The van der Waals surface area contributed by atoms with Crippen LogP contribution >= 0.6 is 11.8 Å². The molecule has 1 aliphatic heterocycles. The molecule has 2 nitrogen and oxygen atoms in total. The largest absolute Gasteiger partial charge is 0.381 e. The Morgan fingerprint density at radius 2 is 1.88 bits per heavy atom. The van der Waals surface area contributed by atoms with E-state index in [9.17, 15) is 5.26 Å². The van der Waals surface area contributed by atoms with Gasteiger partial charge < -0.3 is 4.74 Å². The van der Waals surface area contributed by atoms with Crippen molar-refractivity contribution in [3.05, 3.63) is 29.8 Å². The van der Waals surface area contributed by atoms with Gasteiger partial charge in [-0.1, -0.05) is 17.7 Å². The Morgan fingerprint density at radius 1 is 1.25 bits per heavy atom. The maximum atomic E-state index is 9.33. The molecular formula is C13H15NOS. The second-order valence-electron chi connectivity index (χ2n) is 4.13. The fourth-order valence-electron chi connectivity index (χ4n) is 1.77. The number of aryl methyl sites for hydroxylation is 1. The molecule has 1 aliphatic rings. The number of nitriles is 1. The van der Waals surface area contributed by atoms with Crippen LogP contribution in [0.3, 0.4) is 0 Å². The average molecular weight is 233 g/mol. The maximum Gasteiger partial charge on any atom is 0.111 e. The van der Waals surface area contributed by atoms with Gasteiger partial charge in [0.2, 0.25) is 0 Å². The summed E-state index contributed by atoms with van der Waals surface area (Å²) in [6.07, 6.45) is 1.64. The number of nitrogens with zero attached hydrogens (tertiary/aromatic N) is 1. The smallest absolute Gasteiger partial charge is 0.111 e. The summed E-state index contributed by atoms with van der Waals surface area (Å²) in [4.78, 5) is 1.18. The Hall–Kier alpha value is -0.980. The summed E-state index contributed by atoms with van der Waals surface area (Å²) in [5, 5.41) is 9.33. The molecule has 2 rings (SSSR count). The van der Waals surface area contributed by atoms with Crippen molar-refractivity contribution in [1.82, 2.24) is 0 Å². The van der Waals surface area contributed by atoms with Crippen LogP contribution in [-0.4, -0.2) is 18.0 Å². The van der Waals surface area contributed by atoms with Gasteiger partial charge in [0, 0.05) is 18.1 Å². The van der Waals surface area contributed by atoms with Crippen molar-refractivity contribution in [3.8, 4) is 6.07 Å². The van der Waals surface area contributed by atoms with E-state index in [1.165, 1.54) is 10.5 Å². The van der Waals surface area contributed by atoms with Crippen LogP contribution in [0.1, 0.15) is 18.4 Å². The number of thioether (sulfide) groups is 1. The molecule has 1 saturated heterocycles. The van der Waals surface area contributed by atoms with Gasteiger partial charge in [0.25, 0.3) is 0 Å². The molecule has 1 aromatic carbocycles. The van der Waals surface area contributed by atoms with Crippen molar-refractivity contribution in [2.75, 3.05) is 13.2 Å². The zero-order chi connectivity index (χ0) is 11.4. The van der Waals surface area contributed by atoms with Crippen molar-refractivity contribution in [3.63, 3.8) is 0 Å². The molecular weight excluding hydrogens is 218 g/mol. The first-order valence-electron chi connectivity index (χ1n) is 5.49. The highest BCUT2D eigenvalue weighted by atomic mass is 32.2. The van der Waals surface area contributed by atoms with Gasteiger partial charge in [0.15, 0.2) is 0 Å². The van der Waals surface area contributed by atoms with E-state index in [-0.39, 0.29) is 4.75 Å². The molecule has 1 aromatic rings. The van der Waals surface area contributed by atoms with Crippen LogP contribution in [0, 0.1) is 18.3 Å². The quantitative estimate of drug-likeness (QED) is 0.786. The van der Waals surface area contributed by atoms with E-state index in [1.807, 2.05) is 0 Å². The minimum atomic E-state index is -0.284. The van der Waals surface area contributed by atoms with Gasteiger partial charge in [-0.2, -0.15) is 5.26 Å². The molecule has 0 spiro atoms. The van der Waals surface area contributed by atoms with Crippen molar-refractivity contribution in [2.24, 2.45) is 0 Å². The molecule has 3 heteroatoms. The lowest BCUT2D eigenvalue weighted by molar-refractivity contribution is 0.0886. The SMILES string of the molecule is Cc1ccc(SC2(C#N)CCOCC2)cc1. The first kappa shape index (κ1) is 11.5. The molecule has 0 amide bonds. The van der Waals surface area contributed by atoms with Gasteiger partial charge in [-0.3, -0.25) is 0 Å². The zero-order valence-electron chi connectivity index (χ0n) is 9.40. The van der Waals surface area contributed by atoms with Crippen LogP contribution in [0.15, 0.2) is 29.2 Å². The predicted molar refractivity (Wildman–Crippen MR) is 65.4 cm³/mol.